The van der Waals surface area contributed by atoms with Crippen LogP contribution in [0.4, 0.5) is 4.39 Å². The predicted molar refractivity (Wildman–Crippen MR) is 91.3 cm³/mol. The fourth-order valence-electron chi connectivity index (χ4n) is 3.76. The van der Waals surface area contributed by atoms with Gasteiger partial charge in [-0.3, -0.25) is 4.79 Å². The maximum absolute atomic E-state index is 14.3. The molecule has 4 nitrogen and oxygen atoms in total. The van der Waals surface area contributed by atoms with E-state index < -0.39 is 5.41 Å². The minimum absolute atomic E-state index is 0.113. The highest BCUT2D eigenvalue weighted by atomic mass is 32.2. The molecule has 1 saturated carbocycles. The van der Waals surface area contributed by atoms with E-state index in [1.165, 1.54) is 6.07 Å². The minimum atomic E-state index is -0.782. The molecule has 0 bridgehead atoms. The van der Waals surface area contributed by atoms with Gasteiger partial charge in [-0.25, -0.2) is 9.37 Å². The maximum Gasteiger partial charge on any atom is 0.231 e. The molecule has 24 heavy (non-hydrogen) atoms. The van der Waals surface area contributed by atoms with Crippen LogP contribution in [0.15, 0.2) is 35.6 Å². The van der Waals surface area contributed by atoms with Crippen molar-refractivity contribution in [1.29, 1.82) is 0 Å². The van der Waals surface area contributed by atoms with Crippen molar-refractivity contribution in [3.05, 3.63) is 47.5 Å². The summed E-state index contributed by atoms with van der Waals surface area (Å²) in [5.74, 6) is 0.633. The van der Waals surface area contributed by atoms with Gasteiger partial charge in [0.05, 0.1) is 17.7 Å². The second-order valence-electron chi connectivity index (χ2n) is 7.19. The molecule has 6 heteroatoms. The average Bonchev–Trinajstić information content (AvgIpc) is 2.86. The summed E-state index contributed by atoms with van der Waals surface area (Å²) < 4.78 is 16.4. The first-order chi connectivity index (χ1) is 11.4. The Morgan fingerprint density at radius 2 is 2.17 bits per heavy atom. The van der Waals surface area contributed by atoms with Crippen LogP contribution in [0.2, 0.25) is 0 Å². The van der Waals surface area contributed by atoms with Crippen LogP contribution in [0.1, 0.15) is 31.5 Å². The third kappa shape index (κ3) is 2.27. The Hall–Kier alpha value is -1.82. The van der Waals surface area contributed by atoms with Crippen LogP contribution in [0.25, 0.3) is 0 Å². The Morgan fingerprint density at radius 3 is 2.83 bits per heavy atom. The molecule has 0 radical (unpaired) electrons. The SMILES string of the molecule is CC1(C)C[C@@]1(C(=O)NCc1cn2c(n1)SCC2)c1ccccc1F. The summed E-state index contributed by atoms with van der Waals surface area (Å²) in [6, 6.07) is 6.60. The van der Waals surface area contributed by atoms with Crippen LogP contribution in [0.3, 0.4) is 0 Å². The summed E-state index contributed by atoms with van der Waals surface area (Å²) in [5.41, 5.74) is 0.323. The van der Waals surface area contributed by atoms with Gasteiger partial charge in [0.15, 0.2) is 5.16 Å². The zero-order chi connectivity index (χ0) is 16.9. The number of rotatable bonds is 4. The lowest BCUT2D eigenvalue weighted by Crippen LogP contribution is -2.38. The lowest BCUT2D eigenvalue weighted by atomic mass is 9.86. The van der Waals surface area contributed by atoms with Gasteiger partial charge in [-0.2, -0.15) is 0 Å². The highest BCUT2D eigenvalue weighted by molar-refractivity contribution is 7.99. The van der Waals surface area contributed by atoms with Crippen LogP contribution >= 0.6 is 11.8 Å². The number of aryl methyl sites for hydroxylation is 1. The van der Waals surface area contributed by atoms with Gasteiger partial charge in [-0.15, -0.1) is 0 Å². The van der Waals surface area contributed by atoms with Gasteiger partial charge in [0.25, 0.3) is 0 Å². The first kappa shape index (κ1) is 15.7. The van der Waals surface area contributed by atoms with Crippen molar-refractivity contribution < 1.29 is 9.18 Å². The Morgan fingerprint density at radius 1 is 1.42 bits per heavy atom. The van der Waals surface area contributed by atoms with Crippen LogP contribution in [-0.4, -0.2) is 21.2 Å². The number of fused-ring (bicyclic) bond motifs is 1. The maximum atomic E-state index is 14.3. The molecule has 1 aromatic carbocycles. The number of carbonyl (C=O) groups excluding carboxylic acids is 1. The highest BCUT2D eigenvalue weighted by Crippen LogP contribution is 2.64. The van der Waals surface area contributed by atoms with Crippen LogP contribution < -0.4 is 5.32 Å². The fourth-order valence-corrected chi connectivity index (χ4v) is 4.73. The molecule has 1 atom stereocenters. The summed E-state index contributed by atoms with van der Waals surface area (Å²) in [6.45, 7) is 5.38. The molecule has 2 heterocycles. The quantitative estimate of drug-likeness (QED) is 0.926. The molecule has 0 spiro atoms. The van der Waals surface area contributed by atoms with Gasteiger partial charge in [0, 0.05) is 24.1 Å². The number of aromatic nitrogens is 2. The molecule has 1 amide bonds. The second kappa shape index (κ2) is 5.34. The molecule has 2 aromatic rings. The van der Waals surface area contributed by atoms with Gasteiger partial charge in [-0.05, 0) is 17.9 Å². The number of nitrogens with zero attached hydrogens (tertiary/aromatic N) is 2. The van der Waals surface area contributed by atoms with E-state index in [1.54, 1.807) is 30.0 Å². The van der Waals surface area contributed by atoms with Crippen molar-refractivity contribution in [3.63, 3.8) is 0 Å². The monoisotopic (exact) mass is 345 g/mol. The Bertz CT molecular complexity index is 795. The van der Waals surface area contributed by atoms with Gasteiger partial charge < -0.3 is 9.88 Å². The van der Waals surface area contributed by atoms with E-state index in [1.807, 2.05) is 20.0 Å². The van der Waals surface area contributed by atoms with E-state index in [4.69, 9.17) is 0 Å². The van der Waals surface area contributed by atoms with E-state index >= 15 is 0 Å². The highest BCUT2D eigenvalue weighted by Gasteiger charge is 2.67. The number of hydrogen-bond donors (Lipinski definition) is 1. The number of amides is 1. The first-order valence-corrected chi connectivity index (χ1v) is 9.15. The Balaban J connectivity index is 1.54. The van der Waals surface area contributed by atoms with Crippen molar-refractivity contribution in [3.8, 4) is 0 Å². The minimum Gasteiger partial charge on any atom is -0.350 e. The van der Waals surface area contributed by atoms with E-state index in [9.17, 15) is 9.18 Å². The predicted octanol–water partition coefficient (Wildman–Crippen LogP) is 3.11. The van der Waals surface area contributed by atoms with Gasteiger partial charge in [0.2, 0.25) is 5.91 Å². The van der Waals surface area contributed by atoms with Crippen molar-refractivity contribution >= 4 is 17.7 Å². The molecule has 0 saturated heterocycles. The van der Waals surface area contributed by atoms with Crippen LogP contribution in [0, 0.1) is 11.2 Å². The third-order valence-electron chi connectivity index (χ3n) is 5.24. The lowest BCUT2D eigenvalue weighted by Gasteiger charge is -2.21. The normalized spacial score (nSPS) is 23.8. The summed E-state index contributed by atoms with van der Waals surface area (Å²) >= 11 is 1.73. The number of benzene rings is 1. The number of carbonyl (C=O) groups is 1. The van der Waals surface area contributed by atoms with Gasteiger partial charge in [0.1, 0.15) is 5.82 Å². The molecular formula is C18H20FN3OS. The van der Waals surface area contributed by atoms with Gasteiger partial charge >= 0.3 is 0 Å². The zero-order valence-corrected chi connectivity index (χ0v) is 14.6. The summed E-state index contributed by atoms with van der Waals surface area (Å²) in [6.07, 6.45) is 2.64. The smallest absolute Gasteiger partial charge is 0.231 e. The molecule has 0 unspecified atom stereocenters. The van der Waals surface area contributed by atoms with Crippen LogP contribution in [-0.2, 0) is 23.3 Å². The Labute approximate surface area is 144 Å². The lowest BCUT2D eigenvalue weighted by molar-refractivity contribution is -0.124. The molecule has 4 rings (SSSR count). The van der Waals surface area contributed by atoms with Crippen molar-refractivity contribution in [1.82, 2.24) is 14.9 Å². The summed E-state index contributed by atoms with van der Waals surface area (Å²) in [7, 11) is 0. The summed E-state index contributed by atoms with van der Waals surface area (Å²) in [5, 5.41) is 3.99. The Kier molecular flexibility index (Phi) is 3.49. The third-order valence-corrected chi connectivity index (χ3v) is 6.21. The standard InChI is InChI=1S/C18H20FN3OS/c1-17(2)11-18(17,13-5-3-4-6-14(13)19)15(23)20-9-12-10-22-7-8-24-16(22)21-12/h3-6,10H,7-9,11H2,1-2H3,(H,20,23)/t18-/m0/s1. The summed E-state index contributed by atoms with van der Waals surface area (Å²) in [4.78, 5) is 17.5. The van der Waals surface area contributed by atoms with Gasteiger partial charge in [-0.1, -0.05) is 43.8 Å². The zero-order valence-electron chi connectivity index (χ0n) is 13.8. The topological polar surface area (TPSA) is 46.9 Å². The molecule has 1 N–H and O–H groups in total. The van der Waals surface area contributed by atoms with E-state index in [-0.39, 0.29) is 17.1 Å². The number of thioether (sulfide) groups is 1. The number of nitrogens with one attached hydrogen (secondary N) is 1. The van der Waals surface area contributed by atoms with Crippen molar-refractivity contribution in [2.75, 3.05) is 5.75 Å². The molecule has 2 aliphatic rings. The van der Waals surface area contributed by atoms with E-state index in [0.717, 1.165) is 23.1 Å². The van der Waals surface area contributed by atoms with Crippen LogP contribution in [0.5, 0.6) is 0 Å². The largest absolute Gasteiger partial charge is 0.350 e. The molecule has 1 aromatic heterocycles. The molecule has 1 fully saturated rings. The molecule has 126 valence electrons. The molecular weight excluding hydrogens is 325 g/mol. The van der Waals surface area contributed by atoms with Crippen molar-refractivity contribution in [2.24, 2.45) is 5.41 Å². The fraction of sp³-hybridized carbons (Fsp3) is 0.444. The second-order valence-corrected chi connectivity index (χ2v) is 8.25. The first-order valence-electron chi connectivity index (χ1n) is 8.16. The number of hydrogen-bond acceptors (Lipinski definition) is 3. The molecule has 1 aliphatic carbocycles. The molecule has 1 aliphatic heterocycles. The number of halogens is 1. The average molecular weight is 345 g/mol. The van der Waals surface area contributed by atoms with E-state index in [2.05, 4.69) is 14.9 Å². The van der Waals surface area contributed by atoms with E-state index in [0.29, 0.717) is 18.5 Å². The van der Waals surface area contributed by atoms with Crippen molar-refractivity contribution in [2.45, 2.75) is 43.9 Å². The number of imidazole rings is 1.